The fraction of sp³-hybridized carbons (Fsp3) is 0.600. The standard InChI is InChI=1S/C8H14O.C2H6O2/c1-7(2)5-9-6-8(3)4;3-1-2-4/h1,3,5-6H2,2,4H3;3-4H,1-2H2. The molecule has 0 saturated carbocycles. The summed E-state index contributed by atoms with van der Waals surface area (Å²) in [6.45, 7) is 12.3. The van der Waals surface area contributed by atoms with Gasteiger partial charge in [0.05, 0.1) is 26.4 Å². The van der Waals surface area contributed by atoms with Crippen molar-refractivity contribution in [3.63, 3.8) is 0 Å². The molecule has 0 saturated heterocycles. The van der Waals surface area contributed by atoms with Gasteiger partial charge < -0.3 is 14.9 Å². The monoisotopic (exact) mass is 188 g/mol. The van der Waals surface area contributed by atoms with Gasteiger partial charge in [-0.2, -0.15) is 0 Å². The maximum atomic E-state index is 7.62. The Balaban J connectivity index is 0. The number of ether oxygens (including phenoxy) is 1. The van der Waals surface area contributed by atoms with Crippen molar-refractivity contribution in [2.24, 2.45) is 0 Å². The summed E-state index contributed by atoms with van der Waals surface area (Å²) in [4.78, 5) is 0. The Labute approximate surface area is 80.4 Å². The number of aliphatic hydroxyl groups excluding tert-OH is 2. The van der Waals surface area contributed by atoms with Gasteiger partial charge in [0.2, 0.25) is 0 Å². The van der Waals surface area contributed by atoms with Crippen molar-refractivity contribution >= 4 is 0 Å². The molecule has 3 nitrogen and oxygen atoms in total. The van der Waals surface area contributed by atoms with Crippen LogP contribution in [0.5, 0.6) is 0 Å². The fourth-order valence-corrected chi connectivity index (χ4v) is 0.399. The van der Waals surface area contributed by atoms with Crippen molar-refractivity contribution in [1.29, 1.82) is 0 Å². The summed E-state index contributed by atoms with van der Waals surface area (Å²) in [5.74, 6) is 0. The molecule has 0 bridgehead atoms. The molecule has 0 radical (unpaired) electrons. The molecule has 0 fully saturated rings. The third kappa shape index (κ3) is 24.6. The number of hydrogen-bond donors (Lipinski definition) is 2. The average Bonchev–Trinajstić information content (AvgIpc) is 2.03. The molecule has 2 N–H and O–H groups in total. The van der Waals surface area contributed by atoms with Crippen molar-refractivity contribution in [1.82, 2.24) is 0 Å². The van der Waals surface area contributed by atoms with E-state index in [1.54, 1.807) is 0 Å². The Bertz CT molecular complexity index is 125. The fourth-order valence-electron chi connectivity index (χ4n) is 0.399. The Morgan fingerprint density at radius 1 is 1.00 bits per heavy atom. The van der Waals surface area contributed by atoms with Crippen LogP contribution in [0.1, 0.15) is 13.8 Å². The summed E-state index contributed by atoms with van der Waals surface area (Å²) in [5.41, 5.74) is 2.10. The topological polar surface area (TPSA) is 49.7 Å². The maximum Gasteiger partial charge on any atom is 0.0675 e. The van der Waals surface area contributed by atoms with E-state index in [0.717, 1.165) is 11.1 Å². The first-order valence-electron chi connectivity index (χ1n) is 4.12. The van der Waals surface area contributed by atoms with Crippen LogP contribution in [0.4, 0.5) is 0 Å². The van der Waals surface area contributed by atoms with Crippen LogP contribution in [0.2, 0.25) is 0 Å². The zero-order valence-corrected chi connectivity index (χ0v) is 8.55. The van der Waals surface area contributed by atoms with Crippen molar-refractivity contribution in [2.75, 3.05) is 26.4 Å². The van der Waals surface area contributed by atoms with Crippen LogP contribution in [-0.2, 0) is 4.74 Å². The maximum absolute atomic E-state index is 7.62. The summed E-state index contributed by atoms with van der Waals surface area (Å²) in [6.07, 6.45) is 0. The molecule has 0 atom stereocenters. The Kier molecular flexibility index (Phi) is 13.0. The van der Waals surface area contributed by atoms with Crippen LogP contribution in [0, 0.1) is 0 Å². The molecule has 0 aromatic rings. The van der Waals surface area contributed by atoms with Crippen LogP contribution in [0.15, 0.2) is 24.3 Å². The highest BCUT2D eigenvalue weighted by molar-refractivity contribution is 4.91. The van der Waals surface area contributed by atoms with Crippen LogP contribution < -0.4 is 0 Å². The molecule has 0 aromatic heterocycles. The summed E-state index contributed by atoms with van der Waals surface area (Å²) in [6, 6.07) is 0. The molecular formula is C10H20O3. The number of aliphatic hydroxyl groups is 2. The molecule has 0 aliphatic heterocycles. The van der Waals surface area contributed by atoms with Crippen molar-refractivity contribution in [3.8, 4) is 0 Å². The van der Waals surface area contributed by atoms with E-state index in [4.69, 9.17) is 14.9 Å². The molecule has 0 aliphatic rings. The molecule has 0 aliphatic carbocycles. The lowest BCUT2D eigenvalue weighted by atomic mass is 10.3. The van der Waals surface area contributed by atoms with E-state index in [9.17, 15) is 0 Å². The molecule has 13 heavy (non-hydrogen) atoms. The van der Waals surface area contributed by atoms with Crippen LogP contribution in [0.3, 0.4) is 0 Å². The van der Waals surface area contributed by atoms with Gasteiger partial charge in [0, 0.05) is 0 Å². The quantitative estimate of drug-likeness (QED) is 0.636. The average molecular weight is 188 g/mol. The molecular weight excluding hydrogens is 168 g/mol. The molecule has 0 unspecified atom stereocenters. The first-order valence-corrected chi connectivity index (χ1v) is 4.12. The van der Waals surface area contributed by atoms with Gasteiger partial charge in [-0.1, -0.05) is 24.3 Å². The van der Waals surface area contributed by atoms with Crippen molar-refractivity contribution in [2.45, 2.75) is 13.8 Å². The highest BCUT2D eigenvalue weighted by atomic mass is 16.5. The van der Waals surface area contributed by atoms with Gasteiger partial charge in [-0.05, 0) is 13.8 Å². The molecule has 0 rings (SSSR count). The van der Waals surface area contributed by atoms with Gasteiger partial charge in [-0.15, -0.1) is 0 Å². The summed E-state index contributed by atoms with van der Waals surface area (Å²) in [7, 11) is 0. The van der Waals surface area contributed by atoms with Gasteiger partial charge in [-0.25, -0.2) is 0 Å². The summed E-state index contributed by atoms with van der Waals surface area (Å²) >= 11 is 0. The minimum Gasteiger partial charge on any atom is -0.394 e. The molecule has 0 spiro atoms. The Hall–Kier alpha value is -0.640. The van der Waals surface area contributed by atoms with Crippen molar-refractivity contribution < 1.29 is 14.9 Å². The Morgan fingerprint density at radius 2 is 1.31 bits per heavy atom. The SMILES string of the molecule is C=C(C)COCC(=C)C.OCCO. The first kappa shape index (κ1) is 14.9. The largest absolute Gasteiger partial charge is 0.394 e. The molecule has 78 valence electrons. The normalized spacial score (nSPS) is 8.62. The minimum absolute atomic E-state index is 0.125. The van der Waals surface area contributed by atoms with E-state index in [1.807, 2.05) is 13.8 Å². The molecule has 0 heterocycles. The Morgan fingerprint density at radius 3 is 1.46 bits per heavy atom. The van der Waals surface area contributed by atoms with E-state index in [2.05, 4.69) is 13.2 Å². The smallest absolute Gasteiger partial charge is 0.0675 e. The van der Waals surface area contributed by atoms with Gasteiger partial charge in [0.15, 0.2) is 0 Å². The predicted octanol–water partition coefficient (Wildman–Crippen LogP) is 1.13. The second-order valence-electron chi connectivity index (χ2n) is 2.85. The number of rotatable bonds is 5. The summed E-state index contributed by atoms with van der Waals surface area (Å²) < 4.78 is 5.16. The molecule has 3 heteroatoms. The van der Waals surface area contributed by atoms with Crippen LogP contribution in [0.25, 0.3) is 0 Å². The molecule has 0 amide bonds. The van der Waals surface area contributed by atoms with E-state index in [0.29, 0.717) is 13.2 Å². The van der Waals surface area contributed by atoms with Gasteiger partial charge in [0.1, 0.15) is 0 Å². The zero-order chi connectivity index (χ0) is 10.7. The minimum atomic E-state index is -0.125. The second kappa shape index (κ2) is 11.4. The lowest BCUT2D eigenvalue weighted by molar-refractivity contribution is 0.180. The second-order valence-corrected chi connectivity index (χ2v) is 2.85. The van der Waals surface area contributed by atoms with E-state index >= 15 is 0 Å². The third-order valence-corrected chi connectivity index (χ3v) is 0.797. The van der Waals surface area contributed by atoms with E-state index < -0.39 is 0 Å². The van der Waals surface area contributed by atoms with Gasteiger partial charge in [0.25, 0.3) is 0 Å². The molecule has 0 aromatic carbocycles. The lowest BCUT2D eigenvalue weighted by Gasteiger charge is -2.00. The highest BCUT2D eigenvalue weighted by Crippen LogP contribution is 1.92. The highest BCUT2D eigenvalue weighted by Gasteiger charge is 1.86. The lowest BCUT2D eigenvalue weighted by Crippen LogP contribution is -1.96. The van der Waals surface area contributed by atoms with Crippen LogP contribution >= 0.6 is 0 Å². The third-order valence-electron chi connectivity index (χ3n) is 0.797. The van der Waals surface area contributed by atoms with Crippen molar-refractivity contribution in [3.05, 3.63) is 24.3 Å². The number of hydrogen-bond acceptors (Lipinski definition) is 3. The van der Waals surface area contributed by atoms with Gasteiger partial charge in [-0.3, -0.25) is 0 Å². The first-order chi connectivity index (χ1) is 6.04. The zero-order valence-electron chi connectivity index (χ0n) is 8.55. The van der Waals surface area contributed by atoms with Crippen LogP contribution in [-0.4, -0.2) is 36.6 Å². The predicted molar refractivity (Wildman–Crippen MR) is 54.6 cm³/mol. The van der Waals surface area contributed by atoms with E-state index in [1.165, 1.54) is 0 Å². The van der Waals surface area contributed by atoms with Gasteiger partial charge >= 0.3 is 0 Å². The van der Waals surface area contributed by atoms with E-state index in [-0.39, 0.29) is 13.2 Å². The summed E-state index contributed by atoms with van der Waals surface area (Å²) in [5, 5.41) is 15.2.